The molecule has 0 bridgehead atoms. The fraction of sp³-hybridized carbons (Fsp3) is 0.185. The molecule has 0 saturated heterocycles. The van der Waals surface area contributed by atoms with Gasteiger partial charge in [-0.15, -0.1) is 0 Å². The molecule has 1 aliphatic rings. The third-order valence-corrected chi connectivity index (χ3v) is 7.94. The summed E-state index contributed by atoms with van der Waals surface area (Å²) in [4.78, 5) is 27.7. The van der Waals surface area contributed by atoms with Crippen molar-refractivity contribution < 1.29 is 27.4 Å². The minimum atomic E-state index is -4.11. The number of sulfonamides is 1. The maximum atomic E-state index is 13.8. The highest BCUT2D eigenvalue weighted by atomic mass is 32.2. The van der Waals surface area contributed by atoms with E-state index in [4.69, 9.17) is 14.2 Å². The van der Waals surface area contributed by atoms with Crippen LogP contribution in [0.25, 0.3) is 10.9 Å². The third-order valence-electron chi connectivity index (χ3n) is 6.15. The van der Waals surface area contributed by atoms with Crippen molar-refractivity contribution in [3.8, 4) is 17.2 Å². The fourth-order valence-electron chi connectivity index (χ4n) is 4.15. The minimum absolute atomic E-state index is 0.0383. The van der Waals surface area contributed by atoms with Crippen LogP contribution < -0.4 is 19.8 Å². The van der Waals surface area contributed by atoms with E-state index in [1.54, 1.807) is 48.5 Å². The Morgan fingerprint density at radius 1 is 1.00 bits per heavy atom. The highest BCUT2D eigenvalue weighted by molar-refractivity contribution is 7.89. The number of nitrogens with one attached hydrogen (secondary N) is 1. The topological polar surface area (TPSA) is 115 Å². The number of H-pyrrole nitrogens is 1. The predicted molar refractivity (Wildman–Crippen MR) is 137 cm³/mol. The quantitative estimate of drug-likeness (QED) is 0.351. The second kappa shape index (κ2) is 9.72. The molecule has 9 nitrogen and oxygen atoms in total. The number of ketones is 1. The molecule has 3 aromatic carbocycles. The van der Waals surface area contributed by atoms with Gasteiger partial charge in [-0.3, -0.25) is 9.59 Å². The number of ether oxygens (including phenoxy) is 3. The van der Waals surface area contributed by atoms with Crippen LogP contribution in [0.15, 0.2) is 76.4 Å². The van der Waals surface area contributed by atoms with E-state index >= 15 is 0 Å². The second-order valence-corrected chi connectivity index (χ2v) is 10.6. The van der Waals surface area contributed by atoms with Crippen molar-refractivity contribution >= 4 is 26.7 Å². The number of hydrogen-bond acceptors (Lipinski definition) is 7. The summed E-state index contributed by atoms with van der Waals surface area (Å²) >= 11 is 0. The SMILES string of the molecule is COc1ccc2cc(CN(Cc3ccc4c(c3)OCO4)S(=O)(=O)c3cccc(C(C)=O)c3)c(=O)[nH]c2c1. The maximum absolute atomic E-state index is 13.8. The number of nitrogens with zero attached hydrogens (tertiary/aromatic N) is 1. The molecule has 5 rings (SSSR count). The van der Waals surface area contributed by atoms with Gasteiger partial charge in [0, 0.05) is 30.3 Å². The molecule has 0 atom stereocenters. The van der Waals surface area contributed by atoms with Crippen molar-refractivity contribution in [2.75, 3.05) is 13.9 Å². The van der Waals surface area contributed by atoms with Crippen LogP contribution in [0.1, 0.15) is 28.4 Å². The Labute approximate surface area is 213 Å². The Balaban J connectivity index is 1.57. The summed E-state index contributed by atoms with van der Waals surface area (Å²) in [6, 6.07) is 18.0. The lowest BCUT2D eigenvalue weighted by Crippen LogP contribution is -2.32. The van der Waals surface area contributed by atoms with Crippen LogP contribution in [-0.4, -0.2) is 37.4 Å². The number of benzene rings is 3. The summed E-state index contributed by atoms with van der Waals surface area (Å²) < 4.78 is 44.9. The van der Waals surface area contributed by atoms with Gasteiger partial charge < -0.3 is 19.2 Å². The lowest BCUT2D eigenvalue weighted by atomic mass is 10.1. The van der Waals surface area contributed by atoms with Crippen molar-refractivity contribution in [2.24, 2.45) is 0 Å². The van der Waals surface area contributed by atoms with Gasteiger partial charge in [-0.05, 0) is 60.3 Å². The monoisotopic (exact) mass is 520 g/mol. The lowest BCUT2D eigenvalue weighted by Gasteiger charge is -2.23. The van der Waals surface area contributed by atoms with Gasteiger partial charge in [0.05, 0.1) is 17.5 Å². The van der Waals surface area contributed by atoms with E-state index in [0.29, 0.717) is 28.3 Å². The number of pyridine rings is 1. The highest BCUT2D eigenvalue weighted by Gasteiger charge is 2.27. The molecule has 0 amide bonds. The zero-order chi connectivity index (χ0) is 26.2. The van der Waals surface area contributed by atoms with Gasteiger partial charge in [-0.2, -0.15) is 4.31 Å². The molecule has 1 N–H and O–H groups in total. The first kappa shape index (κ1) is 24.5. The summed E-state index contributed by atoms with van der Waals surface area (Å²) in [5.74, 6) is 1.44. The molecule has 0 radical (unpaired) electrons. The van der Waals surface area contributed by atoms with Crippen LogP contribution in [0.5, 0.6) is 17.2 Å². The van der Waals surface area contributed by atoms with Gasteiger partial charge >= 0.3 is 0 Å². The molecule has 37 heavy (non-hydrogen) atoms. The first-order valence-corrected chi connectivity index (χ1v) is 12.9. The van der Waals surface area contributed by atoms with Crippen LogP contribution >= 0.6 is 0 Å². The molecule has 10 heteroatoms. The van der Waals surface area contributed by atoms with Crippen molar-refractivity contribution in [3.05, 3.63) is 93.8 Å². The summed E-state index contributed by atoms with van der Waals surface area (Å²) in [5, 5.41) is 0.731. The first-order valence-electron chi connectivity index (χ1n) is 11.4. The zero-order valence-electron chi connectivity index (χ0n) is 20.2. The largest absolute Gasteiger partial charge is 0.497 e. The number of carbonyl (C=O) groups is 1. The molecule has 0 unspecified atom stereocenters. The molecule has 0 fully saturated rings. The highest BCUT2D eigenvalue weighted by Crippen LogP contribution is 2.33. The Bertz CT molecular complexity index is 1680. The van der Waals surface area contributed by atoms with E-state index in [9.17, 15) is 18.0 Å². The van der Waals surface area contributed by atoms with Crippen molar-refractivity contribution in [1.29, 1.82) is 0 Å². The molecule has 0 spiro atoms. The molecule has 1 aromatic heterocycles. The Hall–Kier alpha value is -4.15. The number of carbonyl (C=O) groups excluding carboxylic acids is 1. The number of fused-ring (bicyclic) bond motifs is 2. The van der Waals surface area contributed by atoms with Crippen LogP contribution in [0.4, 0.5) is 0 Å². The van der Waals surface area contributed by atoms with Crippen molar-refractivity contribution in [2.45, 2.75) is 24.9 Å². The predicted octanol–water partition coefficient (Wildman–Crippen LogP) is 3.86. The van der Waals surface area contributed by atoms with E-state index in [1.807, 2.05) is 0 Å². The Morgan fingerprint density at radius 3 is 2.59 bits per heavy atom. The van der Waals surface area contributed by atoms with Gasteiger partial charge in [0.25, 0.3) is 5.56 Å². The van der Waals surface area contributed by atoms with Crippen molar-refractivity contribution in [1.82, 2.24) is 9.29 Å². The number of aromatic nitrogens is 1. The average Bonchev–Trinajstić information content (AvgIpc) is 3.36. The number of methoxy groups -OCH3 is 1. The van der Waals surface area contributed by atoms with E-state index in [-0.39, 0.29) is 41.7 Å². The van der Waals surface area contributed by atoms with Crippen LogP contribution in [0.2, 0.25) is 0 Å². The number of Topliss-reactive ketones (excluding diaryl/α,β-unsaturated/α-hetero) is 1. The van der Waals surface area contributed by atoms with E-state index in [2.05, 4.69) is 4.98 Å². The average molecular weight is 521 g/mol. The Morgan fingerprint density at radius 2 is 1.81 bits per heavy atom. The van der Waals surface area contributed by atoms with Crippen LogP contribution in [0.3, 0.4) is 0 Å². The van der Waals surface area contributed by atoms with Gasteiger partial charge in [0.2, 0.25) is 16.8 Å². The molecule has 4 aromatic rings. The van der Waals surface area contributed by atoms with Gasteiger partial charge in [0.15, 0.2) is 17.3 Å². The molecule has 1 aliphatic heterocycles. The maximum Gasteiger partial charge on any atom is 0.252 e. The smallest absolute Gasteiger partial charge is 0.252 e. The lowest BCUT2D eigenvalue weighted by molar-refractivity contribution is 0.101. The summed E-state index contributed by atoms with van der Waals surface area (Å²) in [6.45, 7) is 1.23. The fourth-order valence-corrected chi connectivity index (χ4v) is 5.61. The molecular formula is C27H24N2O7S. The summed E-state index contributed by atoms with van der Waals surface area (Å²) in [7, 11) is -2.58. The van der Waals surface area contributed by atoms with Crippen LogP contribution in [0, 0.1) is 0 Å². The molecule has 0 saturated carbocycles. The molecule has 0 aliphatic carbocycles. The van der Waals surface area contributed by atoms with Crippen molar-refractivity contribution in [3.63, 3.8) is 0 Å². The standard InChI is InChI=1S/C27H24N2O7S/c1-17(30)19-4-3-5-23(12-19)37(32,33)29(14-18-6-9-25-26(10-18)36-16-35-25)15-21-11-20-7-8-22(34-2)13-24(20)28-27(21)31/h3-13H,14-16H2,1-2H3,(H,28,31). The zero-order valence-corrected chi connectivity index (χ0v) is 21.0. The van der Waals surface area contributed by atoms with Gasteiger partial charge in [0.1, 0.15) is 5.75 Å². The summed E-state index contributed by atoms with van der Waals surface area (Å²) in [6.07, 6.45) is 0. The summed E-state index contributed by atoms with van der Waals surface area (Å²) in [5.41, 5.74) is 1.36. The van der Waals surface area contributed by atoms with E-state index in [0.717, 1.165) is 5.39 Å². The van der Waals surface area contributed by atoms with Gasteiger partial charge in [-0.1, -0.05) is 18.2 Å². The third kappa shape index (κ3) is 4.93. The van der Waals surface area contributed by atoms with Gasteiger partial charge in [-0.25, -0.2) is 8.42 Å². The minimum Gasteiger partial charge on any atom is -0.497 e. The first-order chi connectivity index (χ1) is 17.7. The second-order valence-electron chi connectivity index (χ2n) is 8.62. The Kier molecular flexibility index (Phi) is 6.45. The van der Waals surface area contributed by atoms with E-state index in [1.165, 1.54) is 36.5 Å². The normalized spacial score (nSPS) is 12.7. The number of rotatable bonds is 8. The number of hydrogen-bond donors (Lipinski definition) is 1. The molecular weight excluding hydrogens is 496 g/mol. The van der Waals surface area contributed by atoms with Crippen LogP contribution in [-0.2, 0) is 23.1 Å². The molecule has 190 valence electrons. The number of aromatic amines is 1. The van der Waals surface area contributed by atoms with E-state index < -0.39 is 15.6 Å². The molecule has 2 heterocycles.